The fraction of sp³-hybridized carbons (Fsp3) is 0.533. The molecule has 0 amide bonds. The number of hydrogen-bond acceptors (Lipinski definition) is 5. The van der Waals surface area contributed by atoms with Crippen LogP contribution in [0.2, 0.25) is 0 Å². The van der Waals surface area contributed by atoms with Gasteiger partial charge in [0.25, 0.3) is 0 Å². The molecule has 0 saturated carbocycles. The van der Waals surface area contributed by atoms with Crippen molar-refractivity contribution in [1.29, 1.82) is 0 Å². The van der Waals surface area contributed by atoms with Gasteiger partial charge in [-0.05, 0) is 25.5 Å². The highest BCUT2D eigenvalue weighted by molar-refractivity contribution is 14.0. The molecule has 0 saturated heterocycles. The van der Waals surface area contributed by atoms with Crippen molar-refractivity contribution in [2.75, 3.05) is 44.6 Å². The van der Waals surface area contributed by atoms with Gasteiger partial charge in [0, 0.05) is 31.1 Å². The third-order valence-corrected chi connectivity index (χ3v) is 3.96. The molecule has 0 aliphatic rings. The number of hydrogen-bond donors (Lipinski definition) is 2. The van der Waals surface area contributed by atoms with Crippen molar-refractivity contribution < 1.29 is 17.9 Å². The van der Waals surface area contributed by atoms with Crippen molar-refractivity contribution in [3.8, 4) is 11.5 Å². The highest BCUT2D eigenvalue weighted by Gasteiger charge is 2.06. The molecular weight excluding hydrogens is 445 g/mol. The lowest BCUT2D eigenvalue weighted by molar-refractivity contribution is 0.355. The zero-order valence-electron chi connectivity index (χ0n) is 14.5. The standard InChI is InChI=1S/C15H25N3O4S.HI/c1-5-16-15(17-9-6-10-23(4,19)20)18-12-7-8-13(21-2)14(11-12)22-3;/h7-8,11H,5-6,9-10H2,1-4H3,(H2,16,17,18);1H. The van der Waals surface area contributed by atoms with Crippen molar-refractivity contribution in [2.24, 2.45) is 4.99 Å². The third-order valence-electron chi connectivity index (χ3n) is 2.93. The van der Waals surface area contributed by atoms with E-state index in [-0.39, 0.29) is 29.7 Å². The fourth-order valence-corrected chi connectivity index (χ4v) is 2.53. The molecule has 0 fully saturated rings. The van der Waals surface area contributed by atoms with Crippen LogP contribution in [0.1, 0.15) is 13.3 Å². The summed E-state index contributed by atoms with van der Waals surface area (Å²) in [6.07, 6.45) is 1.71. The van der Waals surface area contributed by atoms with Crippen LogP contribution in [-0.4, -0.2) is 53.7 Å². The summed E-state index contributed by atoms with van der Waals surface area (Å²) in [6, 6.07) is 5.46. The second kappa shape index (κ2) is 11.3. The number of benzene rings is 1. The van der Waals surface area contributed by atoms with Gasteiger partial charge in [0.05, 0.1) is 20.0 Å². The summed E-state index contributed by atoms with van der Waals surface area (Å²) in [4.78, 5) is 4.37. The molecule has 0 aliphatic heterocycles. The Morgan fingerprint density at radius 3 is 2.42 bits per heavy atom. The maximum atomic E-state index is 11.1. The smallest absolute Gasteiger partial charge is 0.195 e. The van der Waals surface area contributed by atoms with Crippen LogP contribution in [0.25, 0.3) is 0 Å². The molecule has 0 bridgehead atoms. The highest BCUT2D eigenvalue weighted by Crippen LogP contribution is 2.29. The summed E-state index contributed by atoms with van der Waals surface area (Å²) >= 11 is 0. The number of sulfone groups is 1. The summed E-state index contributed by atoms with van der Waals surface area (Å²) in [5.41, 5.74) is 0.797. The van der Waals surface area contributed by atoms with Crippen molar-refractivity contribution in [3.63, 3.8) is 0 Å². The summed E-state index contributed by atoms with van der Waals surface area (Å²) in [5, 5.41) is 6.27. The van der Waals surface area contributed by atoms with Gasteiger partial charge in [-0.25, -0.2) is 8.42 Å². The third kappa shape index (κ3) is 8.57. The van der Waals surface area contributed by atoms with E-state index >= 15 is 0 Å². The SMILES string of the molecule is CCNC(=NCCCS(C)(=O)=O)Nc1ccc(OC)c(OC)c1.I. The average Bonchev–Trinajstić information content (AvgIpc) is 2.50. The molecule has 0 heterocycles. The highest BCUT2D eigenvalue weighted by atomic mass is 127. The van der Waals surface area contributed by atoms with Gasteiger partial charge >= 0.3 is 0 Å². The largest absolute Gasteiger partial charge is 0.493 e. The van der Waals surface area contributed by atoms with E-state index in [4.69, 9.17) is 9.47 Å². The van der Waals surface area contributed by atoms with Gasteiger partial charge in [0.1, 0.15) is 9.84 Å². The molecule has 0 aromatic heterocycles. The van der Waals surface area contributed by atoms with Crippen molar-refractivity contribution in [3.05, 3.63) is 18.2 Å². The molecule has 0 spiro atoms. The molecule has 0 aliphatic carbocycles. The lowest BCUT2D eigenvalue weighted by Crippen LogP contribution is -2.30. The Hall–Kier alpha value is -1.23. The zero-order chi connectivity index (χ0) is 17.3. The van der Waals surface area contributed by atoms with Crippen molar-refractivity contribution in [2.45, 2.75) is 13.3 Å². The van der Waals surface area contributed by atoms with Crippen LogP contribution >= 0.6 is 24.0 Å². The van der Waals surface area contributed by atoms with E-state index in [1.54, 1.807) is 20.3 Å². The first-order chi connectivity index (χ1) is 10.9. The van der Waals surface area contributed by atoms with Crippen LogP contribution in [0.15, 0.2) is 23.2 Å². The van der Waals surface area contributed by atoms with Crippen LogP contribution in [0.3, 0.4) is 0 Å². The van der Waals surface area contributed by atoms with Gasteiger partial charge in [-0.15, -0.1) is 24.0 Å². The van der Waals surface area contributed by atoms with Crippen LogP contribution in [0, 0.1) is 0 Å². The maximum absolute atomic E-state index is 11.1. The minimum atomic E-state index is -2.95. The number of halogens is 1. The normalized spacial score (nSPS) is 11.4. The second-order valence-corrected chi connectivity index (χ2v) is 7.20. The molecule has 9 heteroatoms. The zero-order valence-corrected chi connectivity index (χ0v) is 17.6. The molecule has 2 N–H and O–H groups in total. The van der Waals surface area contributed by atoms with Gasteiger partial charge in [-0.3, -0.25) is 4.99 Å². The number of methoxy groups -OCH3 is 2. The lowest BCUT2D eigenvalue weighted by atomic mass is 10.3. The minimum absolute atomic E-state index is 0. The first-order valence-electron chi connectivity index (χ1n) is 7.34. The number of ether oxygens (including phenoxy) is 2. The molecular formula is C15H26IN3O4S. The lowest BCUT2D eigenvalue weighted by Gasteiger charge is -2.13. The van der Waals surface area contributed by atoms with Crippen molar-refractivity contribution >= 4 is 45.5 Å². The topological polar surface area (TPSA) is 89.0 Å². The molecule has 0 radical (unpaired) electrons. The van der Waals surface area contributed by atoms with E-state index in [9.17, 15) is 8.42 Å². The predicted molar refractivity (Wildman–Crippen MR) is 109 cm³/mol. The summed E-state index contributed by atoms with van der Waals surface area (Å²) in [7, 11) is 0.207. The fourth-order valence-electron chi connectivity index (χ4n) is 1.88. The van der Waals surface area contributed by atoms with Crippen LogP contribution < -0.4 is 20.1 Å². The van der Waals surface area contributed by atoms with E-state index in [1.807, 2.05) is 19.1 Å². The first kappa shape index (κ1) is 22.8. The Kier molecular flexibility index (Phi) is 10.8. The number of rotatable bonds is 8. The van der Waals surface area contributed by atoms with Gasteiger partial charge in [0.2, 0.25) is 0 Å². The van der Waals surface area contributed by atoms with E-state index in [0.717, 1.165) is 5.69 Å². The molecule has 1 aromatic carbocycles. The van der Waals surface area contributed by atoms with Crippen LogP contribution in [-0.2, 0) is 9.84 Å². The van der Waals surface area contributed by atoms with Gasteiger partial charge < -0.3 is 20.1 Å². The molecule has 1 aromatic rings. The summed E-state index contributed by atoms with van der Waals surface area (Å²) in [5.74, 6) is 1.98. The Bertz CT molecular complexity index is 636. The van der Waals surface area contributed by atoms with Gasteiger partial charge in [-0.2, -0.15) is 0 Å². The number of nitrogens with one attached hydrogen (secondary N) is 2. The van der Waals surface area contributed by atoms with Gasteiger partial charge in [-0.1, -0.05) is 0 Å². The summed E-state index contributed by atoms with van der Waals surface area (Å²) in [6.45, 7) is 3.09. The number of aliphatic imine (C=N–C) groups is 1. The van der Waals surface area contributed by atoms with E-state index < -0.39 is 9.84 Å². The quantitative estimate of drug-likeness (QED) is 0.262. The molecule has 24 heavy (non-hydrogen) atoms. The molecule has 1 rings (SSSR count). The monoisotopic (exact) mass is 471 g/mol. The Labute approximate surface area is 161 Å². The Balaban J connectivity index is 0.00000529. The predicted octanol–water partition coefficient (Wildman–Crippen LogP) is 2.13. The van der Waals surface area contributed by atoms with E-state index in [0.29, 0.717) is 37.0 Å². The second-order valence-electron chi connectivity index (χ2n) is 4.94. The molecule has 0 unspecified atom stereocenters. The number of anilines is 1. The first-order valence-corrected chi connectivity index (χ1v) is 9.40. The molecule has 138 valence electrons. The van der Waals surface area contributed by atoms with Crippen LogP contribution in [0.4, 0.5) is 5.69 Å². The van der Waals surface area contributed by atoms with E-state index in [2.05, 4.69) is 15.6 Å². The Morgan fingerprint density at radius 1 is 1.21 bits per heavy atom. The summed E-state index contributed by atoms with van der Waals surface area (Å²) < 4.78 is 32.7. The number of guanidine groups is 1. The van der Waals surface area contributed by atoms with Gasteiger partial charge in [0.15, 0.2) is 17.5 Å². The Morgan fingerprint density at radius 2 is 1.88 bits per heavy atom. The number of nitrogens with zero attached hydrogens (tertiary/aromatic N) is 1. The van der Waals surface area contributed by atoms with Crippen LogP contribution in [0.5, 0.6) is 11.5 Å². The van der Waals surface area contributed by atoms with E-state index in [1.165, 1.54) is 6.26 Å². The molecule has 7 nitrogen and oxygen atoms in total. The molecule has 0 atom stereocenters. The maximum Gasteiger partial charge on any atom is 0.195 e. The van der Waals surface area contributed by atoms with Crippen molar-refractivity contribution in [1.82, 2.24) is 5.32 Å². The minimum Gasteiger partial charge on any atom is -0.493 e. The average molecular weight is 471 g/mol.